The molecule has 80 valence electrons. The second kappa shape index (κ2) is 3.57. The summed E-state index contributed by atoms with van der Waals surface area (Å²) in [5, 5.41) is 0. The van der Waals surface area contributed by atoms with Gasteiger partial charge in [-0.15, -0.1) is 0 Å². The molecule has 0 saturated heterocycles. The molecule has 0 aliphatic carbocycles. The quantitative estimate of drug-likeness (QED) is 0.788. The Balaban J connectivity index is 2.54. The first kappa shape index (κ1) is 10.0. The molecule has 0 saturated carbocycles. The summed E-state index contributed by atoms with van der Waals surface area (Å²) in [5.41, 5.74) is 10.3. The lowest BCUT2D eigenvalue weighted by molar-refractivity contribution is 0.645. The largest absolute Gasteiger partial charge is 0.369 e. The zero-order chi connectivity index (χ0) is 11.0. The van der Waals surface area contributed by atoms with Crippen molar-refractivity contribution >= 4 is 17.0 Å². The molecule has 0 amide bonds. The number of rotatable bonds is 2. The van der Waals surface area contributed by atoms with Gasteiger partial charge in [0.05, 0.1) is 11.0 Å². The van der Waals surface area contributed by atoms with Crippen LogP contribution in [0.1, 0.15) is 25.0 Å². The fourth-order valence-corrected chi connectivity index (χ4v) is 1.93. The Kier molecular flexibility index (Phi) is 2.39. The van der Waals surface area contributed by atoms with Gasteiger partial charge in [0, 0.05) is 0 Å². The fourth-order valence-electron chi connectivity index (χ4n) is 1.93. The number of benzene rings is 1. The molecule has 0 spiro atoms. The van der Waals surface area contributed by atoms with E-state index >= 15 is 0 Å². The van der Waals surface area contributed by atoms with Gasteiger partial charge in [-0.3, -0.25) is 0 Å². The van der Waals surface area contributed by atoms with Gasteiger partial charge in [-0.2, -0.15) is 0 Å². The summed E-state index contributed by atoms with van der Waals surface area (Å²) in [4.78, 5) is 7.35. The predicted octanol–water partition coefficient (Wildman–Crippen LogP) is 2.65. The Hall–Kier alpha value is -1.51. The Morgan fingerprint density at radius 2 is 2.13 bits per heavy atom. The Morgan fingerprint density at radius 1 is 1.40 bits per heavy atom. The number of anilines is 1. The van der Waals surface area contributed by atoms with E-state index in [2.05, 4.69) is 42.9 Å². The summed E-state index contributed by atoms with van der Waals surface area (Å²) in [5.74, 6) is 1.16. The molecule has 0 aliphatic rings. The first-order valence-electron chi connectivity index (χ1n) is 5.31. The van der Waals surface area contributed by atoms with Crippen LogP contribution in [0.5, 0.6) is 0 Å². The number of hydrogen-bond acceptors (Lipinski definition) is 2. The number of aryl methyl sites for hydroxylation is 1. The SMILES string of the molecule is Cc1c(CC(C)C)ccc2[nH]c(N)nc12. The summed E-state index contributed by atoms with van der Waals surface area (Å²) in [6.45, 7) is 6.56. The van der Waals surface area contributed by atoms with E-state index in [1.54, 1.807) is 0 Å². The maximum Gasteiger partial charge on any atom is 0.198 e. The van der Waals surface area contributed by atoms with Crippen molar-refractivity contribution in [3.63, 3.8) is 0 Å². The van der Waals surface area contributed by atoms with Gasteiger partial charge in [0.25, 0.3) is 0 Å². The van der Waals surface area contributed by atoms with Crippen LogP contribution in [0.2, 0.25) is 0 Å². The van der Waals surface area contributed by atoms with Crippen LogP contribution in [-0.4, -0.2) is 9.97 Å². The van der Waals surface area contributed by atoms with E-state index in [4.69, 9.17) is 5.73 Å². The van der Waals surface area contributed by atoms with Crippen molar-refractivity contribution < 1.29 is 0 Å². The van der Waals surface area contributed by atoms with Gasteiger partial charge in [-0.1, -0.05) is 19.9 Å². The van der Waals surface area contributed by atoms with Crippen LogP contribution in [0, 0.1) is 12.8 Å². The summed E-state index contributed by atoms with van der Waals surface area (Å²) in [7, 11) is 0. The van der Waals surface area contributed by atoms with Gasteiger partial charge in [0.1, 0.15) is 0 Å². The van der Waals surface area contributed by atoms with Gasteiger partial charge in [-0.05, 0) is 36.5 Å². The average Bonchev–Trinajstić information content (AvgIpc) is 2.51. The molecule has 15 heavy (non-hydrogen) atoms. The first-order chi connectivity index (χ1) is 7.08. The van der Waals surface area contributed by atoms with E-state index in [0.717, 1.165) is 17.5 Å². The zero-order valence-electron chi connectivity index (χ0n) is 9.46. The molecule has 0 unspecified atom stereocenters. The normalized spacial score (nSPS) is 11.5. The van der Waals surface area contributed by atoms with Crippen LogP contribution in [0.4, 0.5) is 5.95 Å². The van der Waals surface area contributed by atoms with Crippen LogP contribution >= 0.6 is 0 Å². The Bertz CT molecular complexity index is 483. The monoisotopic (exact) mass is 203 g/mol. The number of nitrogens with one attached hydrogen (secondary N) is 1. The van der Waals surface area contributed by atoms with E-state index in [9.17, 15) is 0 Å². The zero-order valence-corrected chi connectivity index (χ0v) is 9.46. The van der Waals surface area contributed by atoms with Crippen molar-refractivity contribution in [3.05, 3.63) is 23.3 Å². The van der Waals surface area contributed by atoms with Crippen molar-refractivity contribution in [1.82, 2.24) is 9.97 Å². The van der Waals surface area contributed by atoms with Crippen LogP contribution in [0.15, 0.2) is 12.1 Å². The van der Waals surface area contributed by atoms with Gasteiger partial charge in [-0.25, -0.2) is 4.98 Å². The molecule has 0 atom stereocenters. The number of nitrogen functional groups attached to an aromatic ring is 1. The van der Waals surface area contributed by atoms with E-state index in [1.807, 2.05) is 0 Å². The highest BCUT2D eigenvalue weighted by molar-refractivity contribution is 5.81. The molecule has 1 aromatic heterocycles. The van der Waals surface area contributed by atoms with E-state index in [0.29, 0.717) is 11.9 Å². The highest BCUT2D eigenvalue weighted by Gasteiger charge is 2.08. The lowest BCUT2D eigenvalue weighted by atomic mass is 9.98. The first-order valence-corrected chi connectivity index (χ1v) is 5.31. The highest BCUT2D eigenvalue weighted by atomic mass is 15.0. The second-order valence-corrected chi connectivity index (χ2v) is 4.47. The number of aromatic nitrogens is 2. The molecular weight excluding hydrogens is 186 g/mol. The Morgan fingerprint density at radius 3 is 2.80 bits per heavy atom. The molecule has 2 rings (SSSR count). The third-order valence-corrected chi connectivity index (χ3v) is 2.67. The van der Waals surface area contributed by atoms with Crippen LogP contribution in [-0.2, 0) is 6.42 Å². The summed E-state index contributed by atoms with van der Waals surface area (Å²) >= 11 is 0. The summed E-state index contributed by atoms with van der Waals surface area (Å²) in [6.07, 6.45) is 1.09. The highest BCUT2D eigenvalue weighted by Crippen LogP contribution is 2.22. The molecule has 1 heterocycles. The number of aromatic amines is 1. The minimum atomic E-state index is 0.495. The topological polar surface area (TPSA) is 54.7 Å². The summed E-state index contributed by atoms with van der Waals surface area (Å²) < 4.78 is 0. The predicted molar refractivity (Wildman–Crippen MR) is 63.8 cm³/mol. The van der Waals surface area contributed by atoms with E-state index in [-0.39, 0.29) is 0 Å². The average molecular weight is 203 g/mol. The van der Waals surface area contributed by atoms with Crippen molar-refractivity contribution in [2.24, 2.45) is 5.92 Å². The molecule has 0 aliphatic heterocycles. The fraction of sp³-hybridized carbons (Fsp3) is 0.417. The third kappa shape index (κ3) is 1.82. The van der Waals surface area contributed by atoms with Gasteiger partial charge in [0.15, 0.2) is 5.95 Å². The minimum absolute atomic E-state index is 0.495. The molecule has 3 N–H and O–H groups in total. The maximum absolute atomic E-state index is 5.64. The van der Waals surface area contributed by atoms with E-state index in [1.165, 1.54) is 11.1 Å². The molecule has 3 heteroatoms. The molecular formula is C12H17N3. The molecule has 2 aromatic rings. The standard InChI is InChI=1S/C12H17N3/c1-7(2)6-9-4-5-10-11(8(9)3)15-12(13)14-10/h4-5,7H,6H2,1-3H3,(H3,13,14,15). The molecule has 3 nitrogen and oxygen atoms in total. The second-order valence-electron chi connectivity index (χ2n) is 4.47. The van der Waals surface area contributed by atoms with Crippen LogP contribution in [0.25, 0.3) is 11.0 Å². The number of hydrogen-bond donors (Lipinski definition) is 2. The number of imidazole rings is 1. The smallest absolute Gasteiger partial charge is 0.198 e. The lowest BCUT2D eigenvalue weighted by Crippen LogP contribution is -1.97. The molecule has 1 aromatic carbocycles. The van der Waals surface area contributed by atoms with Crippen molar-refractivity contribution in [3.8, 4) is 0 Å². The minimum Gasteiger partial charge on any atom is -0.369 e. The number of fused-ring (bicyclic) bond motifs is 1. The number of nitrogens with zero attached hydrogens (tertiary/aromatic N) is 1. The maximum atomic E-state index is 5.64. The van der Waals surface area contributed by atoms with Gasteiger partial charge < -0.3 is 10.7 Å². The number of nitrogens with two attached hydrogens (primary N) is 1. The van der Waals surface area contributed by atoms with Gasteiger partial charge in [0.2, 0.25) is 0 Å². The molecule has 0 fully saturated rings. The van der Waals surface area contributed by atoms with Crippen LogP contribution in [0.3, 0.4) is 0 Å². The molecule has 0 radical (unpaired) electrons. The van der Waals surface area contributed by atoms with Crippen molar-refractivity contribution in [2.75, 3.05) is 5.73 Å². The molecule has 0 bridgehead atoms. The van der Waals surface area contributed by atoms with Crippen molar-refractivity contribution in [2.45, 2.75) is 27.2 Å². The number of H-pyrrole nitrogens is 1. The van der Waals surface area contributed by atoms with Crippen molar-refractivity contribution in [1.29, 1.82) is 0 Å². The summed E-state index contributed by atoms with van der Waals surface area (Å²) in [6, 6.07) is 4.22. The van der Waals surface area contributed by atoms with Crippen LogP contribution < -0.4 is 5.73 Å². The van der Waals surface area contributed by atoms with E-state index < -0.39 is 0 Å². The third-order valence-electron chi connectivity index (χ3n) is 2.67. The van der Waals surface area contributed by atoms with Gasteiger partial charge >= 0.3 is 0 Å². The Labute approximate surface area is 89.7 Å². The lowest BCUT2D eigenvalue weighted by Gasteiger charge is -2.08.